The molecule has 49 heavy (non-hydrogen) atoms. The Balaban J connectivity index is 1.85. The maximum atomic E-state index is 13.9. The molecule has 0 saturated heterocycles. The molecular formula is C36H40F3NO6S3. The lowest BCUT2D eigenvalue weighted by Crippen LogP contribution is -2.27. The van der Waals surface area contributed by atoms with Gasteiger partial charge in [0.05, 0.1) is 19.6 Å². The monoisotopic (exact) mass is 735 g/mol. The maximum Gasteiger partial charge on any atom is 0.501 e. The third-order valence-electron chi connectivity index (χ3n) is 8.56. The number of benzene rings is 4. The van der Waals surface area contributed by atoms with Crippen LogP contribution in [0.15, 0.2) is 111 Å². The van der Waals surface area contributed by atoms with E-state index >= 15 is 0 Å². The summed E-state index contributed by atoms with van der Waals surface area (Å²) in [4.78, 5) is -0.640. The highest BCUT2D eigenvalue weighted by atomic mass is 32.2. The molecule has 4 rings (SSSR count). The number of rotatable bonds is 12. The second kappa shape index (κ2) is 14.4. The molecule has 4 aromatic carbocycles. The van der Waals surface area contributed by atoms with Crippen molar-refractivity contribution in [2.24, 2.45) is 0 Å². The van der Waals surface area contributed by atoms with Crippen LogP contribution in [-0.2, 0) is 42.5 Å². The predicted octanol–water partition coefficient (Wildman–Crippen LogP) is 7.88. The largest absolute Gasteiger partial charge is 0.501 e. The quantitative estimate of drug-likeness (QED) is 0.147. The van der Waals surface area contributed by atoms with Crippen molar-refractivity contribution in [1.82, 2.24) is 4.31 Å². The first-order valence-corrected chi connectivity index (χ1v) is 20.0. The van der Waals surface area contributed by atoms with E-state index in [4.69, 9.17) is 0 Å². The minimum atomic E-state index is -5.73. The van der Waals surface area contributed by atoms with Gasteiger partial charge in [-0.1, -0.05) is 100 Å². The Morgan fingerprint density at radius 1 is 0.592 bits per heavy atom. The topological polar surface area (TPSA) is 106 Å². The van der Waals surface area contributed by atoms with Crippen molar-refractivity contribution in [3.63, 3.8) is 0 Å². The van der Waals surface area contributed by atoms with Crippen molar-refractivity contribution in [2.75, 3.05) is 14.1 Å². The highest BCUT2D eigenvalue weighted by molar-refractivity contribution is 7.92. The zero-order chi connectivity index (χ0) is 36.5. The highest BCUT2D eigenvalue weighted by Crippen LogP contribution is 2.40. The van der Waals surface area contributed by atoms with Gasteiger partial charge in [0.25, 0.3) is 9.84 Å². The SMILES string of the molecule is CC(C)c1cccc(CC(C)c2cccc(CC(C)c3ccccc3S(=O)(=O)c3ccccc3)c2S(=O)(=O)N(C)C)c1S(=O)(=O)C(F)(F)F. The van der Waals surface area contributed by atoms with Crippen molar-refractivity contribution in [2.45, 2.75) is 83.4 Å². The first-order valence-electron chi connectivity index (χ1n) is 15.6. The molecule has 0 heterocycles. The maximum absolute atomic E-state index is 13.9. The standard InChI is InChI=1S/C36H40F3NO6S3/c1-24(2)30-19-12-14-27(34(30)48(43,44)36(37,38)39)23-26(4)32-20-13-15-28(35(32)49(45,46)40(5)6)22-25(3)31-18-10-11-21-33(31)47(41,42)29-16-8-7-9-17-29/h7-21,24-26H,22-23H2,1-6H3. The van der Waals surface area contributed by atoms with E-state index < -0.39 is 57.9 Å². The lowest BCUT2D eigenvalue weighted by molar-refractivity contribution is -0.0437. The Morgan fingerprint density at radius 3 is 1.59 bits per heavy atom. The normalized spacial score (nSPS) is 14.3. The lowest BCUT2D eigenvalue weighted by Gasteiger charge is -2.25. The van der Waals surface area contributed by atoms with Crippen LogP contribution in [-0.4, -0.2) is 49.2 Å². The average molecular weight is 736 g/mol. The fraction of sp³-hybridized carbons (Fsp3) is 0.333. The van der Waals surface area contributed by atoms with Crippen LogP contribution in [0.25, 0.3) is 0 Å². The molecule has 13 heteroatoms. The molecule has 0 aromatic heterocycles. The molecule has 0 fully saturated rings. The van der Waals surface area contributed by atoms with E-state index in [-0.39, 0.29) is 38.7 Å². The first kappa shape index (κ1) is 38.3. The molecule has 0 amide bonds. The van der Waals surface area contributed by atoms with Crippen LogP contribution in [0.3, 0.4) is 0 Å². The van der Waals surface area contributed by atoms with Crippen LogP contribution in [0.4, 0.5) is 13.2 Å². The first-order chi connectivity index (χ1) is 22.7. The summed E-state index contributed by atoms with van der Waals surface area (Å²) < 4.78 is 124. The number of alkyl halides is 3. The molecule has 7 nitrogen and oxygen atoms in total. The Morgan fingerprint density at radius 2 is 1.06 bits per heavy atom. The smallest absolute Gasteiger partial charge is 0.219 e. The summed E-state index contributed by atoms with van der Waals surface area (Å²) in [5.74, 6) is -1.76. The summed E-state index contributed by atoms with van der Waals surface area (Å²) in [5.41, 5.74) is -4.40. The van der Waals surface area contributed by atoms with E-state index in [1.165, 1.54) is 50.5 Å². The summed E-state index contributed by atoms with van der Waals surface area (Å²) in [6.07, 6.45) is -0.0842. The molecule has 2 unspecified atom stereocenters. The fourth-order valence-electron chi connectivity index (χ4n) is 6.05. The summed E-state index contributed by atoms with van der Waals surface area (Å²) >= 11 is 0. The fourth-order valence-corrected chi connectivity index (χ4v) is 10.4. The Labute approximate surface area is 287 Å². The van der Waals surface area contributed by atoms with E-state index in [0.29, 0.717) is 16.7 Å². The Bertz CT molecular complexity index is 2150. The molecular weight excluding hydrogens is 696 g/mol. The van der Waals surface area contributed by atoms with Gasteiger partial charge in [0.1, 0.15) is 0 Å². The van der Waals surface area contributed by atoms with Gasteiger partial charge in [-0.3, -0.25) is 0 Å². The van der Waals surface area contributed by atoms with Gasteiger partial charge >= 0.3 is 5.51 Å². The van der Waals surface area contributed by atoms with E-state index in [2.05, 4.69) is 0 Å². The zero-order valence-electron chi connectivity index (χ0n) is 28.1. The summed E-state index contributed by atoms with van der Waals surface area (Å²) in [5, 5.41) is 0. The third-order valence-corrected chi connectivity index (χ3v) is 14.0. The minimum absolute atomic E-state index is 0.0230. The van der Waals surface area contributed by atoms with Crippen molar-refractivity contribution in [3.05, 3.63) is 119 Å². The molecule has 4 aromatic rings. The number of sulfonamides is 1. The van der Waals surface area contributed by atoms with E-state index in [9.17, 15) is 38.4 Å². The molecule has 0 aliphatic heterocycles. The van der Waals surface area contributed by atoms with Crippen molar-refractivity contribution >= 4 is 29.7 Å². The molecule has 0 aliphatic rings. The van der Waals surface area contributed by atoms with Gasteiger partial charge in [0, 0.05) is 14.1 Å². The molecule has 264 valence electrons. The van der Waals surface area contributed by atoms with Gasteiger partial charge in [-0.05, 0) is 76.6 Å². The molecule has 0 spiro atoms. The number of hydrogen-bond donors (Lipinski definition) is 0. The van der Waals surface area contributed by atoms with Crippen LogP contribution in [0.2, 0.25) is 0 Å². The zero-order valence-corrected chi connectivity index (χ0v) is 30.5. The number of hydrogen-bond acceptors (Lipinski definition) is 6. The summed E-state index contributed by atoms with van der Waals surface area (Å²) in [6.45, 7) is 6.65. The second-order valence-corrected chi connectivity index (χ2v) is 18.5. The second-order valence-electron chi connectivity index (χ2n) is 12.6. The summed E-state index contributed by atoms with van der Waals surface area (Å²) in [6, 6.07) is 23.6. The molecule has 0 radical (unpaired) electrons. The lowest BCUT2D eigenvalue weighted by atomic mass is 9.88. The summed E-state index contributed by atoms with van der Waals surface area (Å²) in [7, 11) is -11.1. The average Bonchev–Trinajstić information content (AvgIpc) is 3.04. The Hall–Kier alpha value is -3.52. The number of nitrogens with zero attached hydrogens (tertiary/aromatic N) is 1. The van der Waals surface area contributed by atoms with Crippen LogP contribution in [0.5, 0.6) is 0 Å². The van der Waals surface area contributed by atoms with Crippen LogP contribution < -0.4 is 0 Å². The highest BCUT2D eigenvalue weighted by Gasteiger charge is 2.49. The van der Waals surface area contributed by atoms with E-state index in [0.717, 1.165) is 4.31 Å². The number of sulfone groups is 2. The van der Waals surface area contributed by atoms with Crippen molar-refractivity contribution in [3.8, 4) is 0 Å². The third kappa shape index (κ3) is 7.64. The molecule has 0 bridgehead atoms. The Kier molecular flexibility index (Phi) is 11.2. The van der Waals surface area contributed by atoms with Crippen molar-refractivity contribution < 1.29 is 38.4 Å². The van der Waals surface area contributed by atoms with E-state index in [1.54, 1.807) is 82.3 Å². The van der Waals surface area contributed by atoms with Crippen LogP contribution >= 0.6 is 0 Å². The molecule has 0 N–H and O–H groups in total. The van der Waals surface area contributed by atoms with Gasteiger partial charge in [0.2, 0.25) is 19.9 Å². The van der Waals surface area contributed by atoms with Gasteiger partial charge in [-0.2, -0.15) is 13.2 Å². The van der Waals surface area contributed by atoms with Gasteiger partial charge in [-0.25, -0.2) is 29.6 Å². The predicted molar refractivity (Wildman–Crippen MR) is 184 cm³/mol. The molecule has 0 saturated carbocycles. The van der Waals surface area contributed by atoms with Gasteiger partial charge in [-0.15, -0.1) is 0 Å². The molecule has 0 aliphatic carbocycles. The van der Waals surface area contributed by atoms with Crippen LogP contribution in [0.1, 0.15) is 73.3 Å². The number of halogens is 3. The van der Waals surface area contributed by atoms with Gasteiger partial charge in [0.15, 0.2) is 0 Å². The van der Waals surface area contributed by atoms with Gasteiger partial charge < -0.3 is 0 Å². The minimum Gasteiger partial charge on any atom is -0.219 e. The van der Waals surface area contributed by atoms with E-state index in [1.807, 2.05) is 0 Å². The van der Waals surface area contributed by atoms with Crippen molar-refractivity contribution in [1.29, 1.82) is 0 Å². The molecule has 2 atom stereocenters. The van der Waals surface area contributed by atoms with Crippen LogP contribution in [0, 0.1) is 0 Å².